The summed E-state index contributed by atoms with van der Waals surface area (Å²) in [5, 5.41) is 0. The van der Waals surface area contributed by atoms with Crippen molar-refractivity contribution in [3.8, 4) is 5.75 Å². The van der Waals surface area contributed by atoms with E-state index in [-0.39, 0.29) is 6.04 Å². The average molecular weight is 246 g/mol. The summed E-state index contributed by atoms with van der Waals surface area (Å²) in [6, 6.07) is 8.22. The van der Waals surface area contributed by atoms with Gasteiger partial charge in [-0.1, -0.05) is 18.2 Å². The number of rotatable bonds is 3. The highest BCUT2D eigenvalue weighted by Crippen LogP contribution is 2.23. The number of hydrogen-bond donors (Lipinski definition) is 1. The zero-order chi connectivity index (χ0) is 12.5. The molecule has 3 saturated heterocycles. The normalized spacial score (nSPS) is 30.5. The van der Waals surface area contributed by atoms with Gasteiger partial charge in [0.05, 0.1) is 20.2 Å². The van der Waals surface area contributed by atoms with Gasteiger partial charge >= 0.3 is 0 Å². The van der Waals surface area contributed by atoms with Gasteiger partial charge in [-0.15, -0.1) is 0 Å². The Hall–Kier alpha value is -1.35. The number of nitrogens with one attached hydrogen (secondary N) is 1. The molecule has 96 valence electrons. The molecule has 3 aliphatic heterocycles. The van der Waals surface area contributed by atoms with Gasteiger partial charge in [-0.05, 0) is 6.07 Å². The maximum absolute atomic E-state index is 12.3. The van der Waals surface area contributed by atoms with E-state index < -0.39 is 0 Å². The molecule has 3 nitrogen and oxygen atoms in total. The standard InChI is InChI=1S/C15H19NO2/c1-18-14-5-3-2-4-12(14)10-13-15(17)11-6-8-16(13)9-7-11/h2-5,11,13H,6-10H2,1H3/p+1. The molecule has 0 aromatic heterocycles. The van der Waals surface area contributed by atoms with Crippen LogP contribution in [0.2, 0.25) is 0 Å². The summed E-state index contributed by atoms with van der Waals surface area (Å²) in [5.74, 6) is 1.72. The van der Waals surface area contributed by atoms with Crippen LogP contribution < -0.4 is 9.64 Å². The van der Waals surface area contributed by atoms with E-state index >= 15 is 0 Å². The summed E-state index contributed by atoms with van der Waals surface area (Å²) < 4.78 is 5.38. The lowest BCUT2D eigenvalue weighted by molar-refractivity contribution is -0.927. The van der Waals surface area contributed by atoms with E-state index in [1.807, 2.05) is 18.2 Å². The number of quaternary nitrogens is 1. The van der Waals surface area contributed by atoms with Gasteiger partial charge in [0.15, 0.2) is 11.8 Å². The SMILES string of the molecule is COc1ccccc1CC1C(=O)C2CC[NH+]1CC2. The third kappa shape index (κ3) is 1.93. The Morgan fingerprint density at radius 3 is 2.67 bits per heavy atom. The van der Waals surface area contributed by atoms with Crippen molar-refractivity contribution in [1.82, 2.24) is 0 Å². The van der Waals surface area contributed by atoms with Crippen molar-refractivity contribution in [2.75, 3.05) is 20.2 Å². The number of benzene rings is 1. The Morgan fingerprint density at radius 1 is 1.28 bits per heavy atom. The summed E-state index contributed by atoms with van der Waals surface area (Å²) in [6.07, 6.45) is 3.02. The van der Waals surface area contributed by atoms with Gasteiger partial charge in [-0.2, -0.15) is 0 Å². The number of para-hydroxylation sites is 1. The van der Waals surface area contributed by atoms with E-state index in [0.717, 1.165) is 38.1 Å². The van der Waals surface area contributed by atoms with Crippen LogP contribution in [0.25, 0.3) is 0 Å². The van der Waals surface area contributed by atoms with Gasteiger partial charge in [-0.25, -0.2) is 0 Å². The van der Waals surface area contributed by atoms with Crippen LogP contribution in [0.1, 0.15) is 18.4 Å². The lowest BCUT2D eigenvalue weighted by Gasteiger charge is -2.41. The molecule has 1 aromatic rings. The monoisotopic (exact) mass is 246 g/mol. The van der Waals surface area contributed by atoms with Crippen LogP contribution in [0.15, 0.2) is 24.3 Å². The van der Waals surface area contributed by atoms with Gasteiger partial charge in [-0.3, -0.25) is 4.79 Å². The number of Topliss-reactive ketones (excluding diaryl/α,β-unsaturated/α-hetero) is 1. The number of ketones is 1. The summed E-state index contributed by atoms with van der Waals surface area (Å²) in [7, 11) is 1.70. The van der Waals surface area contributed by atoms with Crippen LogP contribution in [0.4, 0.5) is 0 Å². The van der Waals surface area contributed by atoms with Crippen LogP contribution in [0.3, 0.4) is 0 Å². The highest BCUT2D eigenvalue weighted by molar-refractivity contribution is 5.86. The van der Waals surface area contributed by atoms with Crippen molar-refractivity contribution in [1.29, 1.82) is 0 Å². The third-order valence-corrected chi connectivity index (χ3v) is 4.48. The maximum Gasteiger partial charge on any atom is 0.193 e. The van der Waals surface area contributed by atoms with Crippen LogP contribution in [-0.4, -0.2) is 32.0 Å². The second-order valence-corrected chi connectivity index (χ2v) is 5.40. The molecule has 3 heterocycles. The second-order valence-electron chi connectivity index (χ2n) is 5.40. The number of fused-ring (bicyclic) bond motifs is 3. The Morgan fingerprint density at radius 2 is 2.00 bits per heavy atom. The molecule has 1 unspecified atom stereocenters. The van der Waals surface area contributed by atoms with E-state index in [1.54, 1.807) is 7.11 Å². The Labute approximate surface area is 108 Å². The first kappa shape index (κ1) is 11.7. The van der Waals surface area contributed by atoms with Gasteiger partial charge in [0.2, 0.25) is 0 Å². The first-order chi connectivity index (χ1) is 8.79. The number of hydrogen-bond acceptors (Lipinski definition) is 2. The minimum absolute atomic E-state index is 0.161. The molecular weight excluding hydrogens is 226 g/mol. The number of ether oxygens (including phenoxy) is 1. The number of methoxy groups -OCH3 is 1. The molecule has 3 heteroatoms. The van der Waals surface area contributed by atoms with Gasteiger partial charge < -0.3 is 9.64 Å². The topological polar surface area (TPSA) is 30.7 Å². The molecular formula is C15H20NO2+. The van der Waals surface area contributed by atoms with E-state index in [0.29, 0.717) is 11.7 Å². The highest BCUT2D eigenvalue weighted by atomic mass is 16.5. The van der Waals surface area contributed by atoms with Crippen molar-refractivity contribution in [2.24, 2.45) is 5.92 Å². The molecule has 0 saturated carbocycles. The summed E-state index contributed by atoms with van der Waals surface area (Å²) >= 11 is 0. The second kappa shape index (κ2) is 4.73. The van der Waals surface area contributed by atoms with Crippen LogP contribution >= 0.6 is 0 Å². The molecule has 0 spiro atoms. The quantitative estimate of drug-likeness (QED) is 0.841. The Bertz CT molecular complexity index is 450. The third-order valence-electron chi connectivity index (χ3n) is 4.48. The van der Waals surface area contributed by atoms with E-state index in [4.69, 9.17) is 4.74 Å². The summed E-state index contributed by atoms with van der Waals surface area (Å²) in [6.45, 7) is 2.33. The zero-order valence-electron chi connectivity index (χ0n) is 10.8. The fourth-order valence-corrected chi connectivity index (χ4v) is 3.44. The summed E-state index contributed by atoms with van der Waals surface area (Å²) in [4.78, 5) is 13.8. The molecule has 0 radical (unpaired) electrons. The predicted molar refractivity (Wildman–Crippen MR) is 68.9 cm³/mol. The fraction of sp³-hybridized carbons (Fsp3) is 0.533. The van der Waals surface area contributed by atoms with Crippen LogP contribution in [0.5, 0.6) is 5.75 Å². The smallest absolute Gasteiger partial charge is 0.193 e. The average Bonchev–Trinajstić information content (AvgIpc) is 2.44. The number of carbonyl (C=O) groups excluding carboxylic acids is 1. The Balaban J connectivity index is 1.82. The largest absolute Gasteiger partial charge is 0.496 e. The first-order valence-electron chi connectivity index (χ1n) is 6.80. The molecule has 1 N–H and O–H groups in total. The maximum atomic E-state index is 12.3. The van der Waals surface area contributed by atoms with Gasteiger partial charge in [0.1, 0.15) is 5.75 Å². The van der Waals surface area contributed by atoms with Crippen molar-refractivity contribution in [2.45, 2.75) is 25.3 Å². The van der Waals surface area contributed by atoms with Crippen molar-refractivity contribution >= 4 is 5.78 Å². The molecule has 3 fully saturated rings. The van der Waals surface area contributed by atoms with E-state index in [2.05, 4.69) is 6.07 Å². The van der Waals surface area contributed by atoms with Crippen LogP contribution in [0, 0.1) is 5.92 Å². The zero-order valence-corrected chi connectivity index (χ0v) is 10.8. The molecule has 18 heavy (non-hydrogen) atoms. The molecule has 1 atom stereocenters. The van der Waals surface area contributed by atoms with Crippen molar-refractivity contribution in [3.05, 3.63) is 29.8 Å². The van der Waals surface area contributed by atoms with Gasteiger partial charge in [0.25, 0.3) is 0 Å². The minimum Gasteiger partial charge on any atom is -0.496 e. The lowest BCUT2D eigenvalue weighted by atomic mass is 9.80. The molecule has 0 aliphatic carbocycles. The minimum atomic E-state index is 0.161. The fourth-order valence-electron chi connectivity index (χ4n) is 3.44. The predicted octanol–water partition coefficient (Wildman–Crippen LogP) is 0.484. The molecule has 2 bridgehead atoms. The number of piperidine rings is 3. The van der Waals surface area contributed by atoms with Crippen molar-refractivity contribution in [3.63, 3.8) is 0 Å². The number of carbonyl (C=O) groups is 1. The first-order valence-corrected chi connectivity index (χ1v) is 6.80. The van der Waals surface area contributed by atoms with Crippen LogP contribution in [-0.2, 0) is 11.2 Å². The van der Waals surface area contributed by atoms with Crippen molar-refractivity contribution < 1.29 is 14.4 Å². The molecule has 0 amide bonds. The van der Waals surface area contributed by atoms with E-state index in [1.165, 1.54) is 10.5 Å². The molecule has 1 aromatic carbocycles. The summed E-state index contributed by atoms with van der Waals surface area (Å²) in [5.41, 5.74) is 1.17. The van der Waals surface area contributed by atoms with E-state index in [9.17, 15) is 4.79 Å². The molecule has 4 rings (SSSR count). The Kier molecular flexibility index (Phi) is 3.08. The van der Waals surface area contributed by atoms with Gasteiger partial charge in [0, 0.05) is 30.7 Å². The lowest BCUT2D eigenvalue weighted by Crippen LogP contribution is -3.20. The highest BCUT2D eigenvalue weighted by Gasteiger charge is 2.44. The molecule has 3 aliphatic rings.